The van der Waals surface area contributed by atoms with Gasteiger partial charge in [0.1, 0.15) is 11.5 Å². The van der Waals surface area contributed by atoms with E-state index >= 15 is 0 Å². The number of nitrogens with one attached hydrogen (secondary N) is 1. The molecule has 2 aromatic rings. The number of esters is 1. The molecule has 0 atom stereocenters. The van der Waals surface area contributed by atoms with Crippen molar-refractivity contribution in [3.8, 4) is 11.3 Å². The molecule has 0 aliphatic rings. The van der Waals surface area contributed by atoms with Gasteiger partial charge in [-0.1, -0.05) is 17.7 Å². The van der Waals surface area contributed by atoms with Crippen molar-refractivity contribution < 1.29 is 13.9 Å². The van der Waals surface area contributed by atoms with Gasteiger partial charge in [-0.3, -0.25) is 0 Å². The summed E-state index contributed by atoms with van der Waals surface area (Å²) in [5.74, 6) is -1.25. The van der Waals surface area contributed by atoms with E-state index in [1.54, 1.807) is 19.9 Å². The molecule has 0 unspecified atom stereocenters. The van der Waals surface area contributed by atoms with Gasteiger partial charge in [0.2, 0.25) is 0 Å². The van der Waals surface area contributed by atoms with Crippen molar-refractivity contribution in [1.29, 1.82) is 0 Å². The third kappa shape index (κ3) is 2.44. The minimum Gasteiger partial charge on any atom is -0.461 e. The SMILES string of the molecule is CCOC(=O)c1n[nH]nc1-c1c(F)ccc(C)c1Cl. The maximum absolute atomic E-state index is 13.9. The molecule has 19 heavy (non-hydrogen) atoms. The van der Waals surface area contributed by atoms with E-state index in [4.69, 9.17) is 16.3 Å². The lowest BCUT2D eigenvalue weighted by atomic mass is 10.1. The minimum atomic E-state index is -0.678. The number of nitrogens with zero attached hydrogens (tertiary/aromatic N) is 2. The fraction of sp³-hybridized carbons (Fsp3) is 0.250. The van der Waals surface area contributed by atoms with Crippen LogP contribution in [-0.4, -0.2) is 28.0 Å². The van der Waals surface area contributed by atoms with E-state index in [1.165, 1.54) is 6.07 Å². The summed E-state index contributed by atoms with van der Waals surface area (Å²) in [5, 5.41) is 9.96. The van der Waals surface area contributed by atoms with E-state index in [1.807, 2.05) is 0 Å². The fourth-order valence-electron chi connectivity index (χ4n) is 1.62. The third-order valence-corrected chi connectivity index (χ3v) is 3.02. The number of hydrogen-bond donors (Lipinski definition) is 1. The smallest absolute Gasteiger partial charge is 0.361 e. The lowest BCUT2D eigenvalue weighted by Crippen LogP contribution is -2.07. The quantitative estimate of drug-likeness (QED) is 0.880. The molecule has 0 amide bonds. The van der Waals surface area contributed by atoms with Gasteiger partial charge in [-0.25, -0.2) is 9.18 Å². The lowest BCUT2D eigenvalue weighted by Gasteiger charge is -2.07. The molecular formula is C12H11ClFN3O2. The number of hydrogen-bond acceptors (Lipinski definition) is 4. The van der Waals surface area contributed by atoms with Crippen LogP contribution in [0.15, 0.2) is 12.1 Å². The van der Waals surface area contributed by atoms with Crippen molar-refractivity contribution in [3.05, 3.63) is 34.2 Å². The highest BCUT2D eigenvalue weighted by atomic mass is 35.5. The first-order valence-corrected chi connectivity index (χ1v) is 5.97. The molecule has 1 aromatic carbocycles. The zero-order valence-corrected chi connectivity index (χ0v) is 11.1. The van der Waals surface area contributed by atoms with E-state index in [9.17, 15) is 9.18 Å². The van der Waals surface area contributed by atoms with Crippen LogP contribution < -0.4 is 0 Å². The molecule has 0 fully saturated rings. The fourth-order valence-corrected chi connectivity index (χ4v) is 1.86. The van der Waals surface area contributed by atoms with Crippen LogP contribution in [0.1, 0.15) is 23.0 Å². The highest BCUT2D eigenvalue weighted by Gasteiger charge is 2.24. The summed E-state index contributed by atoms with van der Waals surface area (Å²) in [6.45, 7) is 3.59. The largest absolute Gasteiger partial charge is 0.461 e. The Morgan fingerprint density at radius 2 is 2.21 bits per heavy atom. The van der Waals surface area contributed by atoms with Gasteiger partial charge in [-0.05, 0) is 25.5 Å². The van der Waals surface area contributed by atoms with E-state index in [0.29, 0.717) is 5.56 Å². The molecule has 0 spiro atoms. The minimum absolute atomic E-state index is 0.0402. The van der Waals surface area contributed by atoms with Gasteiger partial charge in [-0.2, -0.15) is 10.3 Å². The summed E-state index contributed by atoms with van der Waals surface area (Å²) >= 11 is 6.07. The Morgan fingerprint density at radius 1 is 1.47 bits per heavy atom. The molecule has 0 saturated heterocycles. The van der Waals surface area contributed by atoms with Crippen LogP contribution in [-0.2, 0) is 4.74 Å². The highest BCUT2D eigenvalue weighted by molar-refractivity contribution is 6.34. The Hall–Kier alpha value is -1.95. The molecule has 0 aliphatic carbocycles. The van der Waals surface area contributed by atoms with Crippen molar-refractivity contribution in [3.63, 3.8) is 0 Å². The first-order valence-electron chi connectivity index (χ1n) is 5.59. The van der Waals surface area contributed by atoms with Crippen LogP contribution in [0, 0.1) is 12.7 Å². The second-order valence-corrected chi connectivity index (χ2v) is 4.17. The second-order valence-electron chi connectivity index (χ2n) is 3.79. The Balaban J connectivity index is 2.58. The van der Waals surface area contributed by atoms with Crippen molar-refractivity contribution in [2.75, 3.05) is 6.61 Å². The standard InChI is InChI=1S/C12H11ClFN3O2/c1-3-19-12(18)11-10(15-17-16-11)8-7(14)5-4-6(2)9(8)13/h4-5H,3H2,1-2H3,(H,15,16,17). The molecule has 0 aliphatic heterocycles. The average Bonchev–Trinajstić information content (AvgIpc) is 2.84. The van der Waals surface area contributed by atoms with E-state index in [2.05, 4.69) is 15.4 Å². The number of rotatable bonds is 3. The number of ether oxygens (including phenoxy) is 1. The van der Waals surface area contributed by atoms with Crippen molar-refractivity contribution >= 4 is 17.6 Å². The topological polar surface area (TPSA) is 67.9 Å². The number of aromatic amines is 1. The Morgan fingerprint density at radius 3 is 2.89 bits per heavy atom. The van der Waals surface area contributed by atoms with Crippen LogP contribution in [0.5, 0.6) is 0 Å². The maximum Gasteiger partial charge on any atom is 0.361 e. The Bertz CT molecular complexity index is 627. The highest BCUT2D eigenvalue weighted by Crippen LogP contribution is 2.33. The van der Waals surface area contributed by atoms with E-state index in [0.717, 1.165) is 0 Å². The first kappa shape index (κ1) is 13.5. The molecule has 0 saturated carbocycles. The number of aromatic nitrogens is 3. The second kappa shape index (κ2) is 5.36. The summed E-state index contributed by atoms with van der Waals surface area (Å²) < 4.78 is 18.7. The summed E-state index contributed by atoms with van der Waals surface area (Å²) in [5.41, 5.74) is 0.673. The normalized spacial score (nSPS) is 10.5. The van der Waals surface area contributed by atoms with Gasteiger partial charge < -0.3 is 4.74 Å². The summed E-state index contributed by atoms with van der Waals surface area (Å²) in [6.07, 6.45) is 0. The van der Waals surface area contributed by atoms with Crippen LogP contribution in [0.4, 0.5) is 4.39 Å². The number of carbonyl (C=O) groups excluding carboxylic acids is 1. The maximum atomic E-state index is 13.9. The monoisotopic (exact) mass is 283 g/mol. The molecule has 0 bridgehead atoms. The molecule has 1 aromatic heterocycles. The van der Waals surface area contributed by atoms with Gasteiger partial charge in [0, 0.05) is 0 Å². The van der Waals surface area contributed by atoms with Crippen molar-refractivity contribution in [1.82, 2.24) is 15.4 Å². The predicted molar refractivity (Wildman–Crippen MR) is 67.5 cm³/mol. The zero-order valence-electron chi connectivity index (χ0n) is 10.3. The van der Waals surface area contributed by atoms with Gasteiger partial charge in [0.05, 0.1) is 17.2 Å². The van der Waals surface area contributed by atoms with Gasteiger partial charge in [-0.15, -0.1) is 5.10 Å². The number of aryl methyl sites for hydroxylation is 1. The number of carbonyl (C=O) groups is 1. The van der Waals surface area contributed by atoms with Crippen LogP contribution in [0.2, 0.25) is 5.02 Å². The van der Waals surface area contributed by atoms with Gasteiger partial charge >= 0.3 is 5.97 Å². The van der Waals surface area contributed by atoms with E-state index in [-0.39, 0.29) is 28.6 Å². The summed E-state index contributed by atoms with van der Waals surface area (Å²) in [4.78, 5) is 11.7. The predicted octanol–water partition coefficient (Wildman–Crippen LogP) is 2.75. The Kier molecular flexibility index (Phi) is 3.80. The van der Waals surface area contributed by atoms with Crippen LogP contribution in [0.25, 0.3) is 11.3 Å². The number of halogens is 2. The van der Waals surface area contributed by atoms with Crippen molar-refractivity contribution in [2.45, 2.75) is 13.8 Å². The molecule has 1 heterocycles. The average molecular weight is 284 g/mol. The van der Waals surface area contributed by atoms with Crippen LogP contribution >= 0.6 is 11.6 Å². The number of benzene rings is 1. The molecular weight excluding hydrogens is 273 g/mol. The van der Waals surface area contributed by atoms with Gasteiger partial charge in [0.15, 0.2) is 5.69 Å². The molecule has 0 radical (unpaired) electrons. The molecule has 7 heteroatoms. The number of H-pyrrole nitrogens is 1. The first-order chi connectivity index (χ1) is 9.06. The summed E-state index contributed by atoms with van der Waals surface area (Å²) in [6, 6.07) is 2.81. The molecule has 2 rings (SSSR count). The molecule has 1 N–H and O–H groups in total. The third-order valence-electron chi connectivity index (χ3n) is 2.54. The van der Waals surface area contributed by atoms with Crippen molar-refractivity contribution in [2.24, 2.45) is 0 Å². The van der Waals surface area contributed by atoms with E-state index < -0.39 is 11.8 Å². The van der Waals surface area contributed by atoms with Crippen LogP contribution in [0.3, 0.4) is 0 Å². The summed E-state index contributed by atoms with van der Waals surface area (Å²) in [7, 11) is 0. The molecule has 5 nitrogen and oxygen atoms in total. The zero-order chi connectivity index (χ0) is 14.0. The Labute approximate surface area is 113 Å². The lowest BCUT2D eigenvalue weighted by molar-refractivity contribution is 0.0520. The van der Waals surface area contributed by atoms with Gasteiger partial charge in [0.25, 0.3) is 0 Å². The molecule has 100 valence electrons.